The first-order valence-electron chi connectivity index (χ1n) is 6.93. The molecule has 3 heteroatoms. The fourth-order valence-corrected chi connectivity index (χ4v) is 2.62. The Labute approximate surface area is 114 Å². The molecule has 0 aliphatic heterocycles. The molecule has 0 radical (unpaired) electrons. The molecule has 0 fully saturated rings. The van der Waals surface area contributed by atoms with E-state index in [4.69, 9.17) is 10.5 Å². The third-order valence-corrected chi connectivity index (χ3v) is 3.52. The van der Waals surface area contributed by atoms with Crippen LogP contribution in [0.1, 0.15) is 47.2 Å². The summed E-state index contributed by atoms with van der Waals surface area (Å²) >= 11 is 0. The van der Waals surface area contributed by atoms with Crippen molar-refractivity contribution in [3.63, 3.8) is 0 Å². The number of hydrogen-bond acceptors (Lipinski definition) is 3. The van der Waals surface area contributed by atoms with Crippen LogP contribution in [0, 0.1) is 0 Å². The van der Waals surface area contributed by atoms with Crippen LogP contribution in [0.3, 0.4) is 0 Å². The zero-order chi connectivity index (χ0) is 13.7. The van der Waals surface area contributed by atoms with Crippen molar-refractivity contribution >= 4 is 5.97 Å². The Bertz CT molecular complexity index is 480. The standard InChI is InChI=1S/C16H21NO2/c1-2-19-16(18)14-9-8-13-6-3-5-12(7-4-10-17)15(13)11-14/h4,7-9,11-12H,2-3,5-6,10,17H2,1H3. The van der Waals surface area contributed by atoms with E-state index in [-0.39, 0.29) is 5.97 Å². The monoisotopic (exact) mass is 259 g/mol. The number of fused-ring (bicyclic) bond motifs is 1. The van der Waals surface area contributed by atoms with Crippen molar-refractivity contribution in [2.75, 3.05) is 13.2 Å². The van der Waals surface area contributed by atoms with E-state index < -0.39 is 0 Å². The number of nitrogens with two attached hydrogens (primary N) is 1. The highest BCUT2D eigenvalue weighted by Crippen LogP contribution is 2.33. The molecule has 1 aromatic carbocycles. The lowest BCUT2D eigenvalue weighted by Gasteiger charge is -2.23. The Hall–Kier alpha value is -1.61. The van der Waals surface area contributed by atoms with Crippen molar-refractivity contribution in [1.29, 1.82) is 0 Å². The van der Waals surface area contributed by atoms with Crippen molar-refractivity contribution in [3.05, 3.63) is 47.0 Å². The second kappa shape index (κ2) is 6.53. The van der Waals surface area contributed by atoms with E-state index in [1.54, 1.807) is 0 Å². The molecule has 2 rings (SSSR count). The van der Waals surface area contributed by atoms with E-state index in [0.29, 0.717) is 24.6 Å². The molecular formula is C16H21NO2. The first-order chi connectivity index (χ1) is 9.26. The van der Waals surface area contributed by atoms with E-state index in [9.17, 15) is 4.79 Å². The maximum Gasteiger partial charge on any atom is 0.338 e. The van der Waals surface area contributed by atoms with Gasteiger partial charge in [0.15, 0.2) is 0 Å². The van der Waals surface area contributed by atoms with Gasteiger partial charge in [-0.25, -0.2) is 4.79 Å². The van der Waals surface area contributed by atoms with E-state index in [1.807, 2.05) is 25.1 Å². The van der Waals surface area contributed by atoms with Crippen LogP contribution >= 0.6 is 0 Å². The summed E-state index contributed by atoms with van der Waals surface area (Å²) in [6.07, 6.45) is 7.55. The molecule has 1 atom stereocenters. The molecule has 2 N–H and O–H groups in total. The third-order valence-electron chi connectivity index (χ3n) is 3.52. The first-order valence-corrected chi connectivity index (χ1v) is 6.93. The van der Waals surface area contributed by atoms with Gasteiger partial charge >= 0.3 is 5.97 Å². The van der Waals surface area contributed by atoms with Crippen LogP contribution < -0.4 is 5.73 Å². The van der Waals surface area contributed by atoms with Crippen molar-refractivity contribution in [2.24, 2.45) is 5.73 Å². The lowest BCUT2D eigenvalue weighted by molar-refractivity contribution is 0.0526. The van der Waals surface area contributed by atoms with Gasteiger partial charge in [0.1, 0.15) is 0 Å². The summed E-state index contributed by atoms with van der Waals surface area (Å²) in [7, 11) is 0. The van der Waals surface area contributed by atoms with Gasteiger partial charge in [0, 0.05) is 12.5 Å². The van der Waals surface area contributed by atoms with Gasteiger partial charge in [0.05, 0.1) is 12.2 Å². The summed E-state index contributed by atoms with van der Waals surface area (Å²) in [5.41, 5.74) is 8.76. The highest BCUT2D eigenvalue weighted by atomic mass is 16.5. The molecule has 3 nitrogen and oxygen atoms in total. The zero-order valence-electron chi connectivity index (χ0n) is 11.4. The molecule has 1 aliphatic carbocycles. The topological polar surface area (TPSA) is 52.3 Å². The normalized spacial score (nSPS) is 18.3. The van der Waals surface area contributed by atoms with Gasteiger partial charge in [-0.2, -0.15) is 0 Å². The van der Waals surface area contributed by atoms with Crippen LogP contribution in [0.25, 0.3) is 0 Å². The van der Waals surface area contributed by atoms with Crippen molar-refractivity contribution in [2.45, 2.75) is 32.1 Å². The smallest absolute Gasteiger partial charge is 0.338 e. The van der Waals surface area contributed by atoms with Crippen LogP contribution in [0.4, 0.5) is 0 Å². The first kappa shape index (κ1) is 13.8. The average molecular weight is 259 g/mol. The fraction of sp³-hybridized carbons (Fsp3) is 0.438. The van der Waals surface area contributed by atoms with Crippen molar-refractivity contribution < 1.29 is 9.53 Å². The largest absolute Gasteiger partial charge is 0.462 e. The number of rotatable bonds is 4. The highest BCUT2D eigenvalue weighted by Gasteiger charge is 2.19. The quantitative estimate of drug-likeness (QED) is 0.668. The number of ether oxygens (including phenoxy) is 1. The SMILES string of the molecule is CCOC(=O)c1ccc2c(c1)C(C=CCN)CCC2. The van der Waals surface area contributed by atoms with Crippen molar-refractivity contribution in [1.82, 2.24) is 0 Å². The average Bonchev–Trinajstić information content (AvgIpc) is 2.44. The third kappa shape index (κ3) is 3.24. The number of aryl methyl sites for hydroxylation is 1. The minimum atomic E-state index is -0.238. The molecule has 1 unspecified atom stereocenters. The van der Waals surface area contributed by atoms with Gasteiger partial charge in [0.2, 0.25) is 0 Å². The minimum absolute atomic E-state index is 0.238. The zero-order valence-corrected chi connectivity index (χ0v) is 11.4. The van der Waals surface area contributed by atoms with E-state index >= 15 is 0 Å². The van der Waals surface area contributed by atoms with Gasteiger partial charge in [0.25, 0.3) is 0 Å². The van der Waals surface area contributed by atoms with Crippen LogP contribution in [0.15, 0.2) is 30.4 Å². The second-order valence-electron chi connectivity index (χ2n) is 4.80. The molecule has 0 aromatic heterocycles. The van der Waals surface area contributed by atoms with Gasteiger partial charge in [-0.1, -0.05) is 18.2 Å². The second-order valence-corrected chi connectivity index (χ2v) is 4.80. The Morgan fingerprint density at radius 1 is 1.53 bits per heavy atom. The summed E-state index contributed by atoms with van der Waals surface area (Å²) in [6, 6.07) is 5.91. The molecule has 1 aliphatic rings. The van der Waals surface area contributed by atoms with E-state index in [1.165, 1.54) is 17.5 Å². The molecule has 19 heavy (non-hydrogen) atoms. The van der Waals surface area contributed by atoms with Crippen LogP contribution in [0.2, 0.25) is 0 Å². The summed E-state index contributed by atoms with van der Waals surface area (Å²) in [6.45, 7) is 2.79. The number of carbonyl (C=O) groups excluding carboxylic acids is 1. The van der Waals surface area contributed by atoms with E-state index in [0.717, 1.165) is 12.8 Å². The van der Waals surface area contributed by atoms with Crippen LogP contribution in [-0.2, 0) is 11.2 Å². The summed E-state index contributed by atoms with van der Waals surface area (Å²) in [5, 5.41) is 0. The molecule has 0 amide bonds. The lowest BCUT2D eigenvalue weighted by atomic mass is 9.82. The molecule has 1 aromatic rings. The number of hydrogen-bond donors (Lipinski definition) is 1. The Morgan fingerprint density at radius 2 is 2.37 bits per heavy atom. The Morgan fingerprint density at radius 3 is 3.11 bits per heavy atom. The Kier molecular flexibility index (Phi) is 4.74. The predicted molar refractivity (Wildman–Crippen MR) is 76.3 cm³/mol. The van der Waals surface area contributed by atoms with Crippen molar-refractivity contribution in [3.8, 4) is 0 Å². The van der Waals surface area contributed by atoms with Gasteiger partial charge in [-0.15, -0.1) is 0 Å². The number of benzene rings is 1. The predicted octanol–water partition coefficient (Wildman–Crippen LogP) is 2.80. The lowest BCUT2D eigenvalue weighted by Crippen LogP contribution is -2.12. The highest BCUT2D eigenvalue weighted by molar-refractivity contribution is 5.89. The molecule has 102 valence electrons. The number of esters is 1. The summed E-state index contributed by atoms with van der Waals surface area (Å²) < 4.78 is 5.06. The Balaban J connectivity index is 2.29. The molecule has 0 saturated heterocycles. The number of allylic oxidation sites excluding steroid dienone is 1. The fourth-order valence-electron chi connectivity index (χ4n) is 2.62. The van der Waals surface area contributed by atoms with Gasteiger partial charge in [-0.3, -0.25) is 0 Å². The maximum absolute atomic E-state index is 11.8. The summed E-state index contributed by atoms with van der Waals surface area (Å²) in [5.74, 6) is 0.138. The van der Waals surface area contributed by atoms with Crippen LogP contribution in [0.5, 0.6) is 0 Å². The maximum atomic E-state index is 11.8. The van der Waals surface area contributed by atoms with Gasteiger partial charge in [-0.05, 0) is 49.4 Å². The minimum Gasteiger partial charge on any atom is -0.462 e. The van der Waals surface area contributed by atoms with E-state index in [2.05, 4.69) is 12.1 Å². The molecule has 0 heterocycles. The molecule has 0 bridgehead atoms. The molecule has 0 saturated carbocycles. The van der Waals surface area contributed by atoms with Crippen LogP contribution in [-0.4, -0.2) is 19.1 Å². The van der Waals surface area contributed by atoms with Gasteiger partial charge < -0.3 is 10.5 Å². The molecule has 0 spiro atoms. The molecular weight excluding hydrogens is 238 g/mol. The number of carbonyl (C=O) groups is 1. The summed E-state index contributed by atoms with van der Waals surface area (Å²) in [4.78, 5) is 11.8.